The number of hydrogen-bond donors (Lipinski definition) is 0. The van der Waals surface area contributed by atoms with Gasteiger partial charge in [0, 0.05) is 49.6 Å². The van der Waals surface area contributed by atoms with Gasteiger partial charge in [-0.3, -0.25) is 0 Å². The molecule has 5 aliphatic rings. The van der Waals surface area contributed by atoms with Gasteiger partial charge in [0.05, 0.1) is 19.5 Å². The molecule has 0 unspecified atom stereocenters. The predicted molar refractivity (Wildman–Crippen MR) is 222 cm³/mol. The van der Waals surface area contributed by atoms with E-state index >= 15 is 0 Å². The number of rotatable bonds is 2. The van der Waals surface area contributed by atoms with E-state index in [4.69, 9.17) is 48.9 Å². The second-order valence-corrected chi connectivity index (χ2v) is 17.2. The first-order valence-corrected chi connectivity index (χ1v) is 18.5. The highest BCUT2D eigenvalue weighted by atomic mass is 32.1. The van der Waals surface area contributed by atoms with E-state index < -0.39 is 0 Å². The molecule has 0 radical (unpaired) electrons. The molecule has 4 aromatic carbocycles. The Balaban J connectivity index is 1.11. The molecule has 0 saturated carbocycles. The third-order valence-electron chi connectivity index (χ3n) is 11.8. The molecule has 0 nitrogen and oxygen atoms in total. The van der Waals surface area contributed by atoms with Crippen molar-refractivity contribution in [2.45, 2.75) is 57.8 Å². The van der Waals surface area contributed by atoms with Crippen LogP contribution in [0, 0.1) is 0 Å². The molecule has 0 aliphatic heterocycles. The maximum absolute atomic E-state index is 5.94. The lowest BCUT2D eigenvalue weighted by Crippen LogP contribution is -2.19. The highest BCUT2D eigenvalue weighted by molar-refractivity contribution is 7.84. The minimum atomic E-state index is -0.198. The molecule has 49 heavy (non-hydrogen) atoms. The van der Waals surface area contributed by atoms with Crippen molar-refractivity contribution < 1.29 is 0 Å². The Morgan fingerprint density at radius 2 is 0.735 bits per heavy atom. The van der Waals surface area contributed by atoms with Crippen LogP contribution in [-0.2, 0) is 16.2 Å². The summed E-state index contributed by atoms with van der Waals surface area (Å²) in [5.41, 5.74) is 19.0. The second kappa shape index (κ2) is 10.1. The first kappa shape index (κ1) is 31.2. The van der Waals surface area contributed by atoms with Crippen LogP contribution in [0.1, 0.15) is 97.2 Å². The minimum Gasteiger partial charge on any atom is -0.0787 e. The largest absolute Gasteiger partial charge is 0.0787 e. The van der Waals surface area contributed by atoms with Gasteiger partial charge >= 0.3 is 0 Å². The Bertz CT molecular complexity index is 2220. The van der Waals surface area contributed by atoms with Gasteiger partial charge in [0.2, 0.25) is 0 Å². The van der Waals surface area contributed by atoms with Gasteiger partial charge < -0.3 is 0 Å². The average molecular weight is 703 g/mol. The van der Waals surface area contributed by atoms with E-state index in [1.165, 1.54) is 55.7 Å². The molecule has 0 bridgehead atoms. The number of allylic oxidation sites excluding steroid dienone is 6. The van der Waals surface area contributed by atoms with Crippen LogP contribution in [0.25, 0.3) is 23.3 Å². The third-order valence-corrected chi connectivity index (χ3v) is 13.6. The first-order valence-electron chi connectivity index (χ1n) is 16.8. The minimum absolute atomic E-state index is 0.139. The molecular formula is C45H34S4. The van der Waals surface area contributed by atoms with Gasteiger partial charge in [0.1, 0.15) is 0 Å². The Kier molecular flexibility index (Phi) is 6.46. The van der Waals surface area contributed by atoms with Crippen molar-refractivity contribution in [2.75, 3.05) is 0 Å². The fraction of sp³-hybridized carbons (Fsp3) is 0.200. The van der Waals surface area contributed by atoms with E-state index in [2.05, 4.69) is 114 Å². The van der Waals surface area contributed by atoms with Gasteiger partial charge in [-0.05, 0) is 92.1 Å². The lowest BCUT2D eigenvalue weighted by atomic mass is 9.77. The van der Waals surface area contributed by atoms with Crippen LogP contribution >= 0.6 is 48.9 Å². The molecule has 238 valence electrons. The molecule has 0 N–H and O–H groups in total. The summed E-state index contributed by atoms with van der Waals surface area (Å²) in [6.45, 7) is 14.1. The zero-order valence-electron chi connectivity index (χ0n) is 28.4. The molecule has 9 rings (SSSR count). The Labute approximate surface area is 310 Å². The lowest BCUT2D eigenvalue weighted by Gasteiger charge is -2.26. The van der Waals surface area contributed by atoms with Crippen molar-refractivity contribution in [3.05, 3.63) is 163 Å². The quantitative estimate of drug-likeness (QED) is 0.151. The van der Waals surface area contributed by atoms with Gasteiger partial charge in [0.15, 0.2) is 0 Å². The standard InChI is InChI=1S/C45H34S4/c1-43(2)25(19-33-39(46)27-11-7-8-12-28(27)40(33)47)15-23-17-37-31(21-35(23)43)32-22-36-24(18-38(32)45(37,5)6)16-26(44(36,3)4)20-34-41(48)29-13-9-10-14-30(29)42(34)49/h7-22H,1-6H3. The van der Waals surface area contributed by atoms with Gasteiger partial charge in [0.25, 0.3) is 0 Å². The van der Waals surface area contributed by atoms with E-state index in [1.54, 1.807) is 0 Å². The predicted octanol–water partition coefficient (Wildman–Crippen LogP) is 11.5. The summed E-state index contributed by atoms with van der Waals surface area (Å²) >= 11 is 23.8. The Morgan fingerprint density at radius 3 is 1.06 bits per heavy atom. The van der Waals surface area contributed by atoms with Crippen LogP contribution < -0.4 is 0 Å². The molecule has 0 saturated heterocycles. The van der Waals surface area contributed by atoms with Crippen LogP contribution in [0.3, 0.4) is 0 Å². The zero-order chi connectivity index (χ0) is 34.4. The summed E-state index contributed by atoms with van der Waals surface area (Å²) in [4.78, 5) is 3.41. The third kappa shape index (κ3) is 4.12. The fourth-order valence-corrected chi connectivity index (χ4v) is 10.2. The molecular weight excluding hydrogens is 669 g/mol. The maximum atomic E-state index is 5.94. The molecule has 4 aromatic rings. The number of benzene rings is 4. The van der Waals surface area contributed by atoms with Crippen molar-refractivity contribution in [3.63, 3.8) is 0 Å². The number of fused-ring (bicyclic) bond motifs is 7. The molecule has 4 heteroatoms. The Morgan fingerprint density at radius 1 is 0.408 bits per heavy atom. The van der Waals surface area contributed by atoms with Crippen molar-refractivity contribution >= 4 is 80.5 Å². The monoisotopic (exact) mass is 702 g/mol. The van der Waals surface area contributed by atoms with E-state index in [-0.39, 0.29) is 16.2 Å². The molecule has 0 heterocycles. The lowest BCUT2D eigenvalue weighted by molar-refractivity contribution is 0.643. The first-order chi connectivity index (χ1) is 23.2. The number of hydrogen-bond acceptors (Lipinski definition) is 4. The van der Waals surface area contributed by atoms with Crippen LogP contribution in [0.5, 0.6) is 0 Å². The normalized spacial score (nSPS) is 19.6. The summed E-state index contributed by atoms with van der Waals surface area (Å²) in [7, 11) is 0. The second-order valence-electron chi connectivity index (χ2n) is 15.6. The highest BCUT2D eigenvalue weighted by Crippen LogP contribution is 2.56. The highest BCUT2D eigenvalue weighted by Gasteiger charge is 2.43. The molecule has 0 aromatic heterocycles. The number of thiocarbonyl (C=S) groups is 4. The van der Waals surface area contributed by atoms with Gasteiger partial charge in [-0.25, -0.2) is 0 Å². The van der Waals surface area contributed by atoms with Crippen molar-refractivity contribution in [2.24, 2.45) is 0 Å². The van der Waals surface area contributed by atoms with E-state index in [9.17, 15) is 0 Å². The van der Waals surface area contributed by atoms with Crippen LogP contribution in [-0.4, -0.2) is 19.5 Å². The van der Waals surface area contributed by atoms with Crippen LogP contribution in [0.15, 0.2) is 107 Å². The molecule has 0 atom stereocenters. The van der Waals surface area contributed by atoms with Gasteiger partial charge in [-0.15, -0.1) is 0 Å². The summed E-state index contributed by atoms with van der Waals surface area (Å²) < 4.78 is 0. The van der Waals surface area contributed by atoms with E-state index in [0.717, 1.165) is 52.9 Å². The van der Waals surface area contributed by atoms with Crippen molar-refractivity contribution in [1.82, 2.24) is 0 Å². The SMILES string of the molecule is CC1(C)C(C=C2C(=S)c3ccccc3C2=S)=Cc2cc3c(cc21)-c1cc2c(cc1C3(C)C)C=C(C=C1C(=S)c3ccccc3C1=S)C2(C)C. The smallest absolute Gasteiger partial charge is 0.0543 e. The summed E-state index contributed by atoms with van der Waals surface area (Å²) in [6.07, 6.45) is 9.23. The molecule has 0 amide bonds. The molecule has 0 fully saturated rings. The average Bonchev–Trinajstić information content (AvgIpc) is 3.73. The topological polar surface area (TPSA) is 0 Å². The fourth-order valence-electron chi connectivity index (χ4n) is 8.75. The zero-order valence-corrected chi connectivity index (χ0v) is 31.6. The van der Waals surface area contributed by atoms with Crippen LogP contribution in [0.4, 0.5) is 0 Å². The van der Waals surface area contributed by atoms with E-state index in [1.807, 2.05) is 24.3 Å². The van der Waals surface area contributed by atoms with Crippen molar-refractivity contribution in [1.29, 1.82) is 0 Å². The summed E-state index contributed by atoms with van der Waals surface area (Å²) in [5.74, 6) is 0. The molecule has 0 spiro atoms. The van der Waals surface area contributed by atoms with E-state index in [0.29, 0.717) is 0 Å². The summed E-state index contributed by atoms with van der Waals surface area (Å²) in [5, 5.41) is 0. The van der Waals surface area contributed by atoms with Crippen LogP contribution in [0.2, 0.25) is 0 Å². The molecule has 5 aliphatic carbocycles. The summed E-state index contributed by atoms with van der Waals surface area (Å²) in [6, 6.07) is 26.3. The Hall–Kier alpha value is -3.80. The maximum Gasteiger partial charge on any atom is 0.0543 e. The van der Waals surface area contributed by atoms with Crippen molar-refractivity contribution in [3.8, 4) is 11.1 Å². The van der Waals surface area contributed by atoms with Gasteiger partial charge in [-0.2, -0.15) is 0 Å². The van der Waals surface area contributed by atoms with Gasteiger partial charge in [-0.1, -0.05) is 151 Å².